The number of nitrogens with one attached hydrogen (secondary N) is 1. The van der Waals surface area contributed by atoms with Crippen molar-refractivity contribution in [1.29, 1.82) is 0 Å². The Morgan fingerprint density at radius 3 is 2.78 bits per heavy atom. The van der Waals surface area contributed by atoms with Crippen molar-refractivity contribution in [1.82, 2.24) is 9.88 Å². The first-order valence-corrected chi connectivity index (χ1v) is 9.30. The number of carbonyl (C=O) groups excluding carboxylic acids is 1. The molecule has 4 rings (SSSR count). The van der Waals surface area contributed by atoms with Crippen LogP contribution in [0.1, 0.15) is 36.2 Å². The van der Waals surface area contributed by atoms with E-state index in [4.69, 9.17) is 5.73 Å². The van der Waals surface area contributed by atoms with E-state index in [1.807, 2.05) is 6.07 Å². The van der Waals surface area contributed by atoms with Crippen molar-refractivity contribution in [2.75, 3.05) is 31.7 Å². The van der Waals surface area contributed by atoms with Crippen LogP contribution in [0.5, 0.6) is 0 Å². The average Bonchev–Trinajstić information content (AvgIpc) is 3.25. The molecule has 0 radical (unpaired) electrons. The molecule has 2 heterocycles. The Labute approximate surface area is 158 Å². The fraction of sp³-hybridized carbons (Fsp3) is 0.429. The number of pyridine rings is 1. The van der Waals surface area contributed by atoms with Crippen molar-refractivity contribution in [2.45, 2.75) is 25.7 Å². The van der Waals surface area contributed by atoms with Crippen LogP contribution in [0.2, 0.25) is 0 Å². The van der Waals surface area contributed by atoms with Crippen molar-refractivity contribution < 1.29 is 9.18 Å². The van der Waals surface area contributed by atoms with Gasteiger partial charge in [0.2, 0.25) is 0 Å². The maximum absolute atomic E-state index is 15.2. The van der Waals surface area contributed by atoms with E-state index in [0.29, 0.717) is 23.0 Å². The summed E-state index contributed by atoms with van der Waals surface area (Å²) in [4.78, 5) is 18.2. The van der Waals surface area contributed by atoms with Gasteiger partial charge < -0.3 is 16.0 Å². The summed E-state index contributed by atoms with van der Waals surface area (Å²) in [6, 6.07) is 5.25. The van der Waals surface area contributed by atoms with Crippen LogP contribution in [0.3, 0.4) is 0 Å². The van der Waals surface area contributed by atoms with Gasteiger partial charge in [0.25, 0.3) is 5.91 Å². The van der Waals surface area contributed by atoms with E-state index in [1.54, 1.807) is 32.4 Å². The van der Waals surface area contributed by atoms with E-state index in [0.717, 1.165) is 24.3 Å². The molecular formula is C21H25FN4O. The van der Waals surface area contributed by atoms with Crippen LogP contribution in [-0.2, 0) is 5.41 Å². The quantitative estimate of drug-likeness (QED) is 0.814. The number of carbonyl (C=O) groups is 1. The predicted molar refractivity (Wildman–Crippen MR) is 105 cm³/mol. The standard InChI is InChI=1S/C21H25FN4O/c1-11(2)15-8-21(15)10-25-19-14(21)7-12(9-24-19)13-5-6-16(23)17(18(13)22)20(27)26(3)4/h5-7,9,11,15H,8,10,23H2,1-4H3,(H,24,25)/t15-,21-/m1/s1. The monoisotopic (exact) mass is 368 g/mol. The molecule has 142 valence electrons. The van der Waals surface area contributed by atoms with Crippen LogP contribution < -0.4 is 11.1 Å². The Bertz CT molecular complexity index is 940. The summed E-state index contributed by atoms with van der Waals surface area (Å²) in [6.45, 7) is 5.37. The van der Waals surface area contributed by atoms with Gasteiger partial charge in [0.05, 0.1) is 5.56 Å². The lowest BCUT2D eigenvalue weighted by molar-refractivity contribution is 0.0824. The number of hydrogen-bond donors (Lipinski definition) is 2. The molecule has 0 saturated heterocycles. The third-order valence-corrected chi connectivity index (χ3v) is 6.04. The normalized spacial score (nSPS) is 22.7. The van der Waals surface area contributed by atoms with E-state index < -0.39 is 11.7 Å². The topological polar surface area (TPSA) is 71.2 Å². The Morgan fingerprint density at radius 2 is 2.15 bits per heavy atom. The molecule has 27 heavy (non-hydrogen) atoms. The number of hydrogen-bond acceptors (Lipinski definition) is 4. The predicted octanol–water partition coefficient (Wildman–Crippen LogP) is 3.51. The van der Waals surface area contributed by atoms with Gasteiger partial charge in [0.1, 0.15) is 11.6 Å². The van der Waals surface area contributed by atoms with Crippen molar-refractivity contribution in [2.24, 2.45) is 11.8 Å². The molecule has 1 aromatic carbocycles. The van der Waals surface area contributed by atoms with Gasteiger partial charge in [-0.1, -0.05) is 13.8 Å². The molecule has 1 fully saturated rings. The van der Waals surface area contributed by atoms with Crippen LogP contribution in [-0.4, -0.2) is 36.4 Å². The van der Waals surface area contributed by atoms with Gasteiger partial charge >= 0.3 is 0 Å². The Hall–Kier alpha value is -2.63. The Morgan fingerprint density at radius 1 is 1.41 bits per heavy atom. The highest BCUT2D eigenvalue weighted by molar-refractivity contribution is 6.00. The van der Waals surface area contributed by atoms with Gasteiger partial charge in [-0.15, -0.1) is 0 Å². The van der Waals surface area contributed by atoms with Crippen LogP contribution in [0.25, 0.3) is 11.1 Å². The van der Waals surface area contributed by atoms with E-state index in [2.05, 4.69) is 24.1 Å². The van der Waals surface area contributed by atoms with E-state index >= 15 is 4.39 Å². The Kier molecular flexibility index (Phi) is 3.91. The summed E-state index contributed by atoms with van der Waals surface area (Å²) < 4.78 is 15.2. The minimum Gasteiger partial charge on any atom is -0.398 e. The second-order valence-corrected chi connectivity index (χ2v) is 8.28. The maximum Gasteiger partial charge on any atom is 0.258 e. The lowest BCUT2D eigenvalue weighted by Crippen LogP contribution is -2.24. The van der Waals surface area contributed by atoms with Crippen LogP contribution in [0.15, 0.2) is 24.4 Å². The first-order valence-electron chi connectivity index (χ1n) is 9.30. The van der Waals surface area contributed by atoms with E-state index in [1.165, 1.54) is 4.90 Å². The molecular weight excluding hydrogens is 343 g/mol. The number of fused-ring (bicyclic) bond motifs is 2. The number of rotatable bonds is 3. The molecule has 0 unspecified atom stereocenters. The molecule has 6 heteroatoms. The highest BCUT2D eigenvalue weighted by Crippen LogP contribution is 2.62. The molecule has 1 spiro atoms. The number of nitrogens with two attached hydrogens (primary N) is 1. The SMILES string of the molecule is CC(C)[C@H]1C[C@]12CNc1ncc(-c3ccc(N)c(C(=O)N(C)C)c3F)cc12. The zero-order chi connectivity index (χ0) is 19.5. The molecule has 1 saturated carbocycles. The molecule has 1 aliphatic heterocycles. The number of nitrogen functional groups attached to an aromatic ring is 1. The summed E-state index contributed by atoms with van der Waals surface area (Å²) in [7, 11) is 3.17. The minimum atomic E-state index is -0.591. The van der Waals surface area contributed by atoms with E-state index in [-0.39, 0.29) is 16.7 Å². The van der Waals surface area contributed by atoms with Gasteiger partial charge in [-0.05, 0) is 36.5 Å². The van der Waals surface area contributed by atoms with Crippen LogP contribution in [0, 0.1) is 17.7 Å². The molecule has 1 aliphatic carbocycles. The van der Waals surface area contributed by atoms with Crippen molar-refractivity contribution in [3.8, 4) is 11.1 Å². The molecule has 0 bridgehead atoms. The molecule has 1 aromatic heterocycles. The fourth-order valence-electron chi connectivity index (χ4n) is 4.44. The number of nitrogens with zero attached hydrogens (tertiary/aromatic N) is 2. The molecule has 2 atom stereocenters. The second kappa shape index (κ2) is 5.94. The number of amides is 1. The highest BCUT2D eigenvalue weighted by Gasteiger charge is 2.59. The fourth-order valence-corrected chi connectivity index (χ4v) is 4.44. The summed E-state index contributed by atoms with van der Waals surface area (Å²) in [5.41, 5.74) is 8.25. The zero-order valence-corrected chi connectivity index (χ0v) is 16.1. The Balaban J connectivity index is 1.80. The molecule has 1 amide bonds. The first-order chi connectivity index (χ1) is 12.8. The van der Waals surface area contributed by atoms with Crippen LogP contribution >= 0.6 is 0 Å². The maximum atomic E-state index is 15.2. The number of aromatic nitrogens is 1. The van der Waals surface area contributed by atoms with Gasteiger partial charge in [0.15, 0.2) is 0 Å². The average molecular weight is 368 g/mol. The second-order valence-electron chi connectivity index (χ2n) is 8.28. The first kappa shape index (κ1) is 17.8. The summed E-state index contributed by atoms with van der Waals surface area (Å²) in [5, 5.41) is 3.40. The molecule has 5 nitrogen and oxygen atoms in total. The summed E-state index contributed by atoms with van der Waals surface area (Å²) >= 11 is 0. The van der Waals surface area contributed by atoms with E-state index in [9.17, 15) is 4.79 Å². The number of halogens is 1. The van der Waals surface area contributed by atoms with Crippen molar-refractivity contribution in [3.63, 3.8) is 0 Å². The smallest absolute Gasteiger partial charge is 0.258 e. The largest absolute Gasteiger partial charge is 0.398 e. The zero-order valence-electron chi connectivity index (χ0n) is 16.1. The third-order valence-electron chi connectivity index (χ3n) is 6.04. The van der Waals surface area contributed by atoms with Crippen LogP contribution in [0.4, 0.5) is 15.9 Å². The summed E-state index contributed by atoms with van der Waals surface area (Å²) in [6.07, 6.45) is 2.79. The van der Waals surface area contributed by atoms with Crippen molar-refractivity contribution >= 4 is 17.4 Å². The van der Waals surface area contributed by atoms with Gasteiger partial charge in [-0.3, -0.25) is 4.79 Å². The number of benzene rings is 1. The van der Waals surface area contributed by atoms with Gasteiger partial charge in [-0.25, -0.2) is 9.37 Å². The molecule has 3 N–H and O–H groups in total. The lowest BCUT2D eigenvalue weighted by Gasteiger charge is -2.16. The highest BCUT2D eigenvalue weighted by atomic mass is 19.1. The number of anilines is 2. The third kappa shape index (κ3) is 2.58. The van der Waals surface area contributed by atoms with Gasteiger partial charge in [-0.2, -0.15) is 0 Å². The minimum absolute atomic E-state index is 0.0858. The summed E-state index contributed by atoms with van der Waals surface area (Å²) in [5.74, 6) is 1.07. The van der Waals surface area contributed by atoms with Crippen molar-refractivity contribution in [3.05, 3.63) is 41.3 Å². The van der Waals surface area contributed by atoms with Gasteiger partial charge in [0, 0.05) is 54.6 Å². The molecule has 2 aromatic rings. The molecule has 2 aliphatic rings. The lowest BCUT2D eigenvalue weighted by atomic mass is 9.90.